The summed E-state index contributed by atoms with van der Waals surface area (Å²) in [5.74, 6) is 0.700. The molecule has 2 aromatic heterocycles. The van der Waals surface area contributed by atoms with Gasteiger partial charge in [0.1, 0.15) is 0 Å². The predicted molar refractivity (Wildman–Crippen MR) is 117 cm³/mol. The summed E-state index contributed by atoms with van der Waals surface area (Å²) >= 11 is 1.51. The van der Waals surface area contributed by atoms with Crippen molar-refractivity contribution in [3.05, 3.63) is 94.3 Å². The number of aryl methyl sites for hydroxylation is 1. The zero-order valence-corrected chi connectivity index (χ0v) is 17.3. The van der Waals surface area contributed by atoms with E-state index in [2.05, 4.69) is 15.2 Å². The fourth-order valence-corrected chi connectivity index (χ4v) is 4.15. The van der Waals surface area contributed by atoms with Gasteiger partial charge in [0, 0.05) is 35.3 Å². The van der Waals surface area contributed by atoms with Crippen LogP contribution in [0.3, 0.4) is 0 Å². The van der Waals surface area contributed by atoms with Crippen molar-refractivity contribution in [3.8, 4) is 17.1 Å². The Bertz CT molecular complexity index is 1190. The van der Waals surface area contributed by atoms with E-state index in [9.17, 15) is 10.1 Å². The summed E-state index contributed by atoms with van der Waals surface area (Å²) in [7, 11) is 0. The van der Waals surface area contributed by atoms with Gasteiger partial charge in [0.05, 0.1) is 10.6 Å². The van der Waals surface area contributed by atoms with Gasteiger partial charge < -0.3 is 0 Å². The monoisotopic (exact) mass is 417 g/mol. The van der Waals surface area contributed by atoms with E-state index in [-0.39, 0.29) is 15.9 Å². The molecule has 0 radical (unpaired) electrons. The molecule has 0 aliphatic carbocycles. The van der Waals surface area contributed by atoms with Crippen LogP contribution in [0.4, 0.5) is 5.69 Å². The Labute approximate surface area is 178 Å². The van der Waals surface area contributed by atoms with Crippen molar-refractivity contribution in [3.63, 3.8) is 0 Å². The zero-order valence-electron chi connectivity index (χ0n) is 16.5. The van der Waals surface area contributed by atoms with Gasteiger partial charge in [-0.25, -0.2) is 0 Å². The second-order valence-corrected chi connectivity index (χ2v) is 8.09. The number of nitro benzene ring substituents is 1. The standard InChI is InChI=1S/C22H19N5O2S/c1-15-7-3-4-11-20(15)26-21(18-9-6-12-23-14-18)24-25-22(26)30-16(2)17-8-5-10-19(13-17)27(28)29/h3-14,16H,1-2H3. The number of thioether (sulfide) groups is 1. The van der Waals surface area contributed by atoms with Crippen LogP contribution in [-0.2, 0) is 0 Å². The minimum atomic E-state index is -0.378. The first kappa shape index (κ1) is 19.8. The number of hydrogen-bond acceptors (Lipinski definition) is 6. The Morgan fingerprint density at radius 1 is 1.07 bits per heavy atom. The molecule has 0 aliphatic heterocycles. The SMILES string of the molecule is Cc1ccccc1-n1c(SC(C)c2cccc([N+](=O)[O-])c2)nnc1-c1cccnc1. The number of rotatable bonds is 6. The zero-order chi connectivity index (χ0) is 21.1. The molecule has 1 unspecified atom stereocenters. The van der Waals surface area contributed by atoms with E-state index in [1.165, 1.54) is 17.8 Å². The molecule has 4 aromatic rings. The first-order valence-corrected chi connectivity index (χ1v) is 10.3. The normalized spacial score (nSPS) is 11.9. The Kier molecular flexibility index (Phi) is 5.58. The van der Waals surface area contributed by atoms with E-state index >= 15 is 0 Å². The van der Waals surface area contributed by atoms with Gasteiger partial charge in [-0.05, 0) is 43.2 Å². The second-order valence-electron chi connectivity index (χ2n) is 6.78. The topological polar surface area (TPSA) is 86.7 Å². The van der Waals surface area contributed by atoms with E-state index < -0.39 is 0 Å². The minimum Gasteiger partial charge on any atom is -0.270 e. The molecule has 0 spiro atoms. The molecule has 0 bridgehead atoms. The highest BCUT2D eigenvalue weighted by Crippen LogP contribution is 2.38. The van der Waals surface area contributed by atoms with Gasteiger partial charge in [-0.1, -0.05) is 42.1 Å². The van der Waals surface area contributed by atoms with Crippen LogP contribution < -0.4 is 0 Å². The number of hydrogen-bond donors (Lipinski definition) is 0. The van der Waals surface area contributed by atoms with Crippen LogP contribution in [0.15, 0.2) is 78.2 Å². The first-order valence-electron chi connectivity index (χ1n) is 9.37. The smallest absolute Gasteiger partial charge is 0.269 e. The molecule has 2 heterocycles. The fraction of sp³-hybridized carbons (Fsp3) is 0.136. The highest BCUT2D eigenvalue weighted by atomic mass is 32.2. The minimum absolute atomic E-state index is 0.0568. The van der Waals surface area contributed by atoms with Crippen LogP contribution >= 0.6 is 11.8 Å². The van der Waals surface area contributed by atoms with E-state index in [0.717, 1.165) is 22.4 Å². The lowest BCUT2D eigenvalue weighted by molar-refractivity contribution is -0.384. The van der Waals surface area contributed by atoms with Crippen molar-refractivity contribution in [1.82, 2.24) is 19.7 Å². The number of aromatic nitrogens is 4. The van der Waals surface area contributed by atoms with Crippen molar-refractivity contribution in [1.29, 1.82) is 0 Å². The van der Waals surface area contributed by atoms with E-state index in [4.69, 9.17) is 0 Å². The van der Waals surface area contributed by atoms with Crippen LogP contribution in [0.1, 0.15) is 23.3 Å². The molecular weight excluding hydrogens is 398 g/mol. The average Bonchev–Trinajstić information content (AvgIpc) is 3.18. The molecule has 0 saturated heterocycles. The molecule has 2 aromatic carbocycles. The third-order valence-electron chi connectivity index (χ3n) is 4.74. The molecule has 8 heteroatoms. The van der Waals surface area contributed by atoms with Crippen molar-refractivity contribution in [2.45, 2.75) is 24.3 Å². The summed E-state index contributed by atoms with van der Waals surface area (Å²) in [6, 6.07) is 18.6. The third kappa shape index (κ3) is 3.95. The van der Waals surface area contributed by atoms with Gasteiger partial charge in [0.25, 0.3) is 5.69 Å². The molecule has 4 rings (SSSR count). The molecule has 150 valence electrons. The van der Waals surface area contributed by atoms with Crippen LogP contribution in [-0.4, -0.2) is 24.7 Å². The van der Waals surface area contributed by atoms with E-state index in [1.54, 1.807) is 24.5 Å². The highest BCUT2D eigenvalue weighted by molar-refractivity contribution is 7.99. The number of benzene rings is 2. The Hall–Kier alpha value is -3.52. The van der Waals surface area contributed by atoms with Gasteiger partial charge in [-0.2, -0.15) is 0 Å². The maximum Gasteiger partial charge on any atom is 0.269 e. The summed E-state index contributed by atoms with van der Waals surface area (Å²) in [6.45, 7) is 4.05. The van der Waals surface area contributed by atoms with Crippen LogP contribution in [0, 0.1) is 17.0 Å². The van der Waals surface area contributed by atoms with Gasteiger partial charge in [-0.3, -0.25) is 19.7 Å². The van der Waals surface area contributed by atoms with Crippen molar-refractivity contribution in [2.75, 3.05) is 0 Å². The Morgan fingerprint density at radius 2 is 1.90 bits per heavy atom. The molecule has 0 amide bonds. The third-order valence-corrected chi connectivity index (χ3v) is 5.84. The highest BCUT2D eigenvalue weighted by Gasteiger charge is 2.21. The van der Waals surface area contributed by atoms with Crippen LogP contribution in [0.2, 0.25) is 0 Å². The molecular formula is C22H19N5O2S. The summed E-state index contributed by atoms with van der Waals surface area (Å²) in [6.07, 6.45) is 3.48. The second kappa shape index (κ2) is 8.46. The summed E-state index contributed by atoms with van der Waals surface area (Å²) in [5, 5.41) is 20.7. The summed E-state index contributed by atoms with van der Waals surface area (Å²) in [5.41, 5.74) is 3.87. The number of pyridine rings is 1. The summed E-state index contributed by atoms with van der Waals surface area (Å²) < 4.78 is 2.02. The lowest BCUT2D eigenvalue weighted by atomic mass is 10.1. The van der Waals surface area contributed by atoms with E-state index in [1.807, 2.05) is 60.9 Å². The molecule has 0 aliphatic rings. The van der Waals surface area contributed by atoms with Gasteiger partial charge >= 0.3 is 0 Å². The Balaban J connectivity index is 1.77. The largest absolute Gasteiger partial charge is 0.270 e. The maximum atomic E-state index is 11.1. The number of nitrogens with zero attached hydrogens (tertiary/aromatic N) is 5. The van der Waals surface area contributed by atoms with Crippen LogP contribution in [0.5, 0.6) is 0 Å². The average molecular weight is 417 g/mol. The Morgan fingerprint density at radius 3 is 2.63 bits per heavy atom. The maximum absolute atomic E-state index is 11.1. The number of para-hydroxylation sites is 1. The number of non-ortho nitro benzene ring substituents is 1. The lowest BCUT2D eigenvalue weighted by Crippen LogP contribution is -2.03. The lowest BCUT2D eigenvalue weighted by Gasteiger charge is -2.15. The van der Waals surface area contributed by atoms with Crippen molar-refractivity contribution < 1.29 is 4.92 Å². The molecule has 0 saturated carbocycles. The van der Waals surface area contributed by atoms with Gasteiger partial charge in [-0.15, -0.1) is 10.2 Å². The van der Waals surface area contributed by atoms with Crippen molar-refractivity contribution in [2.24, 2.45) is 0 Å². The molecule has 0 N–H and O–H groups in total. The summed E-state index contributed by atoms with van der Waals surface area (Å²) in [4.78, 5) is 15.0. The van der Waals surface area contributed by atoms with Gasteiger partial charge in [0.15, 0.2) is 11.0 Å². The van der Waals surface area contributed by atoms with Crippen LogP contribution in [0.25, 0.3) is 17.1 Å². The van der Waals surface area contributed by atoms with Gasteiger partial charge in [0.2, 0.25) is 0 Å². The predicted octanol–water partition coefficient (Wildman–Crippen LogP) is 5.40. The first-order chi connectivity index (χ1) is 14.5. The number of nitro groups is 1. The fourth-order valence-electron chi connectivity index (χ4n) is 3.18. The molecule has 1 atom stereocenters. The quantitative estimate of drug-likeness (QED) is 0.237. The molecule has 0 fully saturated rings. The molecule has 7 nitrogen and oxygen atoms in total. The van der Waals surface area contributed by atoms with Crippen molar-refractivity contribution >= 4 is 17.4 Å². The molecule has 30 heavy (non-hydrogen) atoms. The van der Waals surface area contributed by atoms with E-state index in [0.29, 0.717) is 11.0 Å².